The van der Waals surface area contributed by atoms with Crippen LogP contribution in [0.4, 0.5) is 6.01 Å². The second-order valence-corrected chi connectivity index (χ2v) is 10.4. The van der Waals surface area contributed by atoms with Gasteiger partial charge >= 0.3 is 6.01 Å². The molecule has 0 unspecified atom stereocenters. The van der Waals surface area contributed by atoms with E-state index >= 15 is 0 Å². The molecule has 29 heavy (non-hydrogen) atoms. The Balaban J connectivity index is 1.62. The molecule has 0 aliphatic carbocycles. The van der Waals surface area contributed by atoms with Crippen LogP contribution in [0.3, 0.4) is 0 Å². The zero-order valence-electron chi connectivity index (χ0n) is 16.2. The highest BCUT2D eigenvalue weighted by molar-refractivity contribution is 7.99. The average molecular weight is 432 g/mol. The molecule has 0 atom stereocenters. The van der Waals surface area contributed by atoms with Crippen LogP contribution in [0.1, 0.15) is 35.7 Å². The molecule has 0 saturated carbocycles. The second kappa shape index (κ2) is 8.79. The smallest absolute Gasteiger partial charge is 0.322 e. The van der Waals surface area contributed by atoms with E-state index < -0.39 is 9.84 Å². The van der Waals surface area contributed by atoms with Gasteiger partial charge in [0.05, 0.1) is 11.3 Å². The summed E-state index contributed by atoms with van der Waals surface area (Å²) in [5, 5.41) is 10.8. The minimum Gasteiger partial charge on any atom is -0.407 e. The Labute approximate surface area is 173 Å². The van der Waals surface area contributed by atoms with E-state index in [1.54, 1.807) is 36.0 Å². The van der Waals surface area contributed by atoms with Crippen LogP contribution in [-0.4, -0.2) is 36.0 Å². The summed E-state index contributed by atoms with van der Waals surface area (Å²) in [4.78, 5) is 13.7. The van der Waals surface area contributed by atoms with Crippen LogP contribution in [0.25, 0.3) is 0 Å². The molecule has 1 aromatic heterocycles. The highest BCUT2D eigenvalue weighted by Gasteiger charge is 2.13. The lowest BCUT2D eigenvalue weighted by molar-refractivity contribution is 0.102. The molecule has 0 spiro atoms. The van der Waals surface area contributed by atoms with Gasteiger partial charge in [-0.05, 0) is 42.0 Å². The Morgan fingerprint density at radius 1 is 1.07 bits per heavy atom. The van der Waals surface area contributed by atoms with Crippen molar-refractivity contribution in [2.75, 3.05) is 11.6 Å². The van der Waals surface area contributed by atoms with E-state index in [-0.39, 0.29) is 16.8 Å². The number of hydrogen-bond donors (Lipinski definition) is 1. The topological polar surface area (TPSA) is 102 Å². The van der Waals surface area contributed by atoms with Crippen molar-refractivity contribution in [1.29, 1.82) is 0 Å². The Morgan fingerprint density at radius 3 is 2.31 bits per heavy atom. The first kappa shape index (κ1) is 21.1. The largest absolute Gasteiger partial charge is 0.407 e. The van der Waals surface area contributed by atoms with E-state index in [9.17, 15) is 13.2 Å². The van der Waals surface area contributed by atoms with Crippen molar-refractivity contribution >= 4 is 33.5 Å². The summed E-state index contributed by atoms with van der Waals surface area (Å²) in [6.07, 6.45) is 1.49. The fourth-order valence-corrected chi connectivity index (χ4v) is 4.00. The Kier molecular flexibility index (Phi) is 6.39. The number of carbonyl (C=O) groups excluding carboxylic acids is 1. The zero-order chi connectivity index (χ0) is 21.0. The van der Waals surface area contributed by atoms with Gasteiger partial charge in [-0.3, -0.25) is 10.1 Å². The molecule has 9 heteroatoms. The maximum atomic E-state index is 12.3. The van der Waals surface area contributed by atoms with Gasteiger partial charge in [0.2, 0.25) is 5.89 Å². The molecule has 2 aromatic carbocycles. The fourth-order valence-electron chi connectivity index (χ4n) is 2.53. The molecule has 3 rings (SSSR count). The van der Waals surface area contributed by atoms with Crippen molar-refractivity contribution in [3.05, 3.63) is 65.5 Å². The van der Waals surface area contributed by atoms with Crippen LogP contribution in [0.5, 0.6) is 0 Å². The van der Waals surface area contributed by atoms with Gasteiger partial charge in [-0.2, -0.15) is 0 Å². The third-order valence-corrected chi connectivity index (χ3v) is 6.03. The number of aromatic nitrogens is 2. The maximum Gasteiger partial charge on any atom is 0.322 e. The number of carbonyl (C=O) groups is 1. The van der Waals surface area contributed by atoms with E-state index in [1.165, 1.54) is 12.1 Å². The van der Waals surface area contributed by atoms with Gasteiger partial charge in [0.15, 0.2) is 9.84 Å². The summed E-state index contributed by atoms with van der Waals surface area (Å²) in [7, 11) is -3.24. The molecule has 0 fully saturated rings. The highest BCUT2D eigenvalue weighted by atomic mass is 32.2. The third kappa shape index (κ3) is 5.91. The molecule has 0 aliphatic rings. The standard InChI is InChI=1S/C20H21N3O4S2/c1-13(2)28-16-8-6-15(7-9-16)19(24)21-20-23-22-18(27-20)12-14-4-10-17(11-5-14)29(3,25)26/h4-11,13H,12H2,1-3H3,(H,21,23,24). The molecule has 7 nitrogen and oxygen atoms in total. The molecule has 0 saturated heterocycles. The first-order chi connectivity index (χ1) is 13.7. The van der Waals surface area contributed by atoms with E-state index in [4.69, 9.17) is 4.42 Å². The second-order valence-electron chi connectivity index (χ2n) is 6.74. The molecule has 1 N–H and O–H groups in total. The predicted molar refractivity (Wildman–Crippen MR) is 112 cm³/mol. The SMILES string of the molecule is CC(C)Sc1ccc(C(=O)Nc2nnc(Cc3ccc(S(C)(=O)=O)cc3)o2)cc1. The van der Waals surface area contributed by atoms with Gasteiger partial charge < -0.3 is 4.42 Å². The van der Waals surface area contributed by atoms with Crippen LogP contribution in [0.2, 0.25) is 0 Å². The molecule has 152 valence electrons. The van der Waals surface area contributed by atoms with E-state index in [0.29, 0.717) is 23.1 Å². The van der Waals surface area contributed by atoms with Crippen molar-refractivity contribution < 1.29 is 17.6 Å². The summed E-state index contributed by atoms with van der Waals surface area (Å²) in [5.74, 6) is -0.0186. The number of nitrogens with zero attached hydrogens (tertiary/aromatic N) is 2. The zero-order valence-corrected chi connectivity index (χ0v) is 17.9. The van der Waals surface area contributed by atoms with Crippen LogP contribution in [0, 0.1) is 0 Å². The lowest BCUT2D eigenvalue weighted by atomic mass is 10.1. The van der Waals surface area contributed by atoms with Crippen molar-refractivity contribution in [3.63, 3.8) is 0 Å². The number of hydrogen-bond acceptors (Lipinski definition) is 7. The molecule has 1 amide bonds. The van der Waals surface area contributed by atoms with Gasteiger partial charge in [0.1, 0.15) is 0 Å². The molecule has 3 aromatic rings. The first-order valence-corrected chi connectivity index (χ1v) is 11.7. The molecule has 0 bridgehead atoms. The fraction of sp³-hybridized carbons (Fsp3) is 0.250. The van der Waals surface area contributed by atoms with Crippen LogP contribution in [-0.2, 0) is 16.3 Å². The summed E-state index contributed by atoms with van der Waals surface area (Å²) in [5.41, 5.74) is 1.31. The third-order valence-electron chi connectivity index (χ3n) is 3.88. The number of thioether (sulfide) groups is 1. The number of rotatable bonds is 7. The lowest BCUT2D eigenvalue weighted by Gasteiger charge is -2.05. The van der Waals surface area contributed by atoms with E-state index in [2.05, 4.69) is 29.4 Å². The van der Waals surface area contributed by atoms with Crippen LogP contribution in [0.15, 0.2) is 62.7 Å². The summed E-state index contributed by atoms with van der Waals surface area (Å²) in [6, 6.07) is 13.8. The monoisotopic (exact) mass is 431 g/mol. The number of sulfone groups is 1. The molecule has 1 heterocycles. The molecular weight excluding hydrogens is 410 g/mol. The quantitative estimate of drug-likeness (QED) is 0.567. The van der Waals surface area contributed by atoms with Gasteiger partial charge in [-0.1, -0.05) is 31.1 Å². The molecule has 0 aliphatic heterocycles. The summed E-state index contributed by atoms with van der Waals surface area (Å²) < 4.78 is 28.5. The van der Waals surface area contributed by atoms with Gasteiger partial charge in [0, 0.05) is 22.0 Å². The summed E-state index contributed by atoms with van der Waals surface area (Å²) >= 11 is 1.72. The Hall–Kier alpha value is -2.65. The normalized spacial score (nSPS) is 11.6. The van der Waals surface area contributed by atoms with Crippen molar-refractivity contribution in [2.24, 2.45) is 0 Å². The lowest BCUT2D eigenvalue weighted by Crippen LogP contribution is -2.12. The van der Waals surface area contributed by atoms with Crippen molar-refractivity contribution in [1.82, 2.24) is 10.2 Å². The average Bonchev–Trinajstić information content (AvgIpc) is 3.08. The van der Waals surface area contributed by atoms with Crippen LogP contribution < -0.4 is 5.32 Å². The number of amides is 1. The van der Waals surface area contributed by atoms with E-state index in [0.717, 1.165) is 16.7 Å². The minimum atomic E-state index is -3.24. The minimum absolute atomic E-state index is 0.0124. The van der Waals surface area contributed by atoms with Gasteiger partial charge in [-0.15, -0.1) is 16.9 Å². The Morgan fingerprint density at radius 2 is 1.72 bits per heavy atom. The molecule has 0 radical (unpaired) electrons. The highest BCUT2D eigenvalue weighted by Crippen LogP contribution is 2.23. The predicted octanol–water partition coefficient (Wildman–Crippen LogP) is 3.82. The van der Waals surface area contributed by atoms with Gasteiger partial charge in [-0.25, -0.2) is 8.42 Å². The first-order valence-electron chi connectivity index (χ1n) is 8.90. The number of anilines is 1. The van der Waals surface area contributed by atoms with Crippen LogP contribution >= 0.6 is 11.8 Å². The van der Waals surface area contributed by atoms with E-state index in [1.807, 2.05) is 12.1 Å². The summed E-state index contributed by atoms with van der Waals surface area (Å²) in [6.45, 7) is 4.22. The van der Waals surface area contributed by atoms with Crippen molar-refractivity contribution in [3.8, 4) is 0 Å². The number of benzene rings is 2. The Bertz CT molecular complexity index is 1090. The molecular formula is C20H21N3O4S2. The van der Waals surface area contributed by atoms with Crippen molar-refractivity contribution in [2.45, 2.75) is 35.3 Å². The van der Waals surface area contributed by atoms with Gasteiger partial charge in [0.25, 0.3) is 5.91 Å². The number of nitrogens with one attached hydrogen (secondary N) is 1. The maximum absolute atomic E-state index is 12.3.